The maximum Gasteiger partial charge on any atom is 0.184 e. The van der Waals surface area contributed by atoms with Crippen LogP contribution in [0.1, 0.15) is 17.4 Å². The molecular weight excluding hydrogens is 336 g/mol. The van der Waals surface area contributed by atoms with Gasteiger partial charge in [-0.1, -0.05) is 59.8 Å². The summed E-state index contributed by atoms with van der Waals surface area (Å²) in [5.41, 5.74) is 2.29. The van der Waals surface area contributed by atoms with Gasteiger partial charge in [0.1, 0.15) is 29.9 Å². The minimum absolute atomic E-state index is 0.00516. The molecule has 0 N–H and O–H groups in total. The van der Waals surface area contributed by atoms with E-state index >= 15 is 0 Å². The van der Waals surface area contributed by atoms with E-state index in [2.05, 4.69) is 31.2 Å². The molecule has 6 atom stereocenters. The average molecular weight is 356 g/mol. The molecule has 0 radical (unpaired) electrons. The van der Waals surface area contributed by atoms with E-state index in [1.807, 2.05) is 30.3 Å². The van der Waals surface area contributed by atoms with Crippen molar-refractivity contribution in [1.29, 1.82) is 0 Å². The topological polar surface area (TPSA) is 40.2 Å². The van der Waals surface area contributed by atoms with Crippen molar-refractivity contribution in [1.82, 2.24) is 0 Å². The van der Waals surface area contributed by atoms with Crippen LogP contribution >= 0.6 is 11.8 Å². The fourth-order valence-electron chi connectivity index (χ4n) is 3.45. The Kier molecular flexibility index (Phi) is 4.07. The third-order valence-corrected chi connectivity index (χ3v) is 6.02. The van der Waals surface area contributed by atoms with E-state index < -0.39 is 0 Å². The van der Waals surface area contributed by atoms with E-state index in [1.54, 1.807) is 11.8 Å². The normalized spacial score (nSPS) is 36.4. The Bertz CT molecular complexity index is 735. The van der Waals surface area contributed by atoms with Crippen LogP contribution in [-0.2, 0) is 18.9 Å². The van der Waals surface area contributed by atoms with Crippen LogP contribution in [0.2, 0.25) is 0 Å². The number of hydrogen-bond acceptors (Lipinski definition) is 5. The van der Waals surface area contributed by atoms with Crippen LogP contribution in [0.5, 0.6) is 0 Å². The number of rotatable bonds is 3. The first-order valence-electron chi connectivity index (χ1n) is 8.64. The minimum Gasteiger partial charge on any atom is -0.363 e. The van der Waals surface area contributed by atoms with Gasteiger partial charge in [-0.3, -0.25) is 0 Å². The van der Waals surface area contributed by atoms with Crippen LogP contribution in [-0.4, -0.2) is 36.5 Å². The standard InChI is InChI=1S/C20H20O4S/c1-12-7-9-14(10-8-12)25-20-18-17(23-18)16-15(22-20)11-21-19(24-16)13-5-3-2-4-6-13/h2-10,15-20H,11H2,1H3/t15-,16-,17-,18-,19?,20+/m1/s1. The van der Waals surface area contributed by atoms with Crippen molar-refractivity contribution in [3.05, 3.63) is 65.7 Å². The van der Waals surface area contributed by atoms with Crippen molar-refractivity contribution in [2.45, 2.75) is 48.0 Å². The highest BCUT2D eigenvalue weighted by molar-refractivity contribution is 7.99. The van der Waals surface area contributed by atoms with Gasteiger partial charge in [-0.2, -0.15) is 0 Å². The second-order valence-corrected chi connectivity index (χ2v) is 7.89. The Hall–Kier alpha value is -1.37. The molecule has 3 aliphatic rings. The summed E-state index contributed by atoms with van der Waals surface area (Å²) in [6.45, 7) is 2.62. The lowest BCUT2D eigenvalue weighted by molar-refractivity contribution is -0.276. The molecule has 1 unspecified atom stereocenters. The smallest absolute Gasteiger partial charge is 0.184 e. The number of benzene rings is 2. The van der Waals surface area contributed by atoms with Crippen LogP contribution in [0, 0.1) is 6.92 Å². The molecule has 0 saturated carbocycles. The summed E-state index contributed by atoms with van der Waals surface area (Å²) in [5, 5.41) is 0. The second kappa shape index (κ2) is 6.41. The molecule has 0 amide bonds. The molecule has 4 nitrogen and oxygen atoms in total. The first-order valence-corrected chi connectivity index (χ1v) is 9.52. The third kappa shape index (κ3) is 3.11. The van der Waals surface area contributed by atoms with Gasteiger partial charge in [0.15, 0.2) is 6.29 Å². The maximum absolute atomic E-state index is 6.25. The van der Waals surface area contributed by atoms with Crippen molar-refractivity contribution in [2.24, 2.45) is 0 Å². The molecule has 3 heterocycles. The van der Waals surface area contributed by atoms with Crippen molar-refractivity contribution >= 4 is 11.8 Å². The van der Waals surface area contributed by atoms with Crippen LogP contribution in [0.25, 0.3) is 0 Å². The molecule has 2 aromatic rings. The maximum atomic E-state index is 6.25. The SMILES string of the molecule is Cc1ccc(S[C@@H]2O[C@@H]3COC(c4ccccc4)O[C@H]3[C@H]3O[C@H]32)cc1. The van der Waals surface area contributed by atoms with Gasteiger partial charge in [-0.05, 0) is 19.1 Å². The number of ether oxygens (including phenoxy) is 4. The fraction of sp³-hybridized carbons (Fsp3) is 0.400. The summed E-state index contributed by atoms with van der Waals surface area (Å²) in [6, 6.07) is 18.5. The van der Waals surface area contributed by atoms with Crippen molar-refractivity contribution < 1.29 is 18.9 Å². The van der Waals surface area contributed by atoms with E-state index in [1.165, 1.54) is 10.5 Å². The van der Waals surface area contributed by atoms with E-state index in [0.29, 0.717) is 6.61 Å². The Morgan fingerprint density at radius 1 is 0.840 bits per heavy atom. The summed E-state index contributed by atoms with van der Waals surface area (Å²) in [7, 11) is 0. The molecule has 0 aliphatic carbocycles. The highest BCUT2D eigenvalue weighted by atomic mass is 32.2. The Morgan fingerprint density at radius 2 is 1.64 bits per heavy atom. The van der Waals surface area contributed by atoms with E-state index in [0.717, 1.165) is 5.56 Å². The summed E-state index contributed by atoms with van der Waals surface area (Å²) in [6.07, 6.45) is -0.262. The van der Waals surface area contributed by atoms with Gasteiger partial charge in [-0.15, -0.1) is 0 Å². The fourth-order valence-corrected chi connectivity index (χ4v) is 4.57. The van der Waals surface area contributed by atoms with E-state index in [4.69, 9.17) is 18.9 Å². The van der Waals surface area contributed by atoms with E-state index in [9.17, 15) is 0 Å². The predicted molar refractivity (Wildman–Crippen MR) is 94.4 cm³/mol. The quantitative estimate of drug-likeness (QED) is 0.785. The Balaban J connectivity index is 1.26. The lowest BCUT2D eigenvalue weighted by Crippen LogP contribution is -2.51. The molecule has 0 bridgehead atoms. The largest absolute Gasteiger partial charge is 0.363 e. The molecule has 3 fully saturated rings. The van der Waals surface area contributed by atoms with Gasteiger partial charge >= 0.3 is 0 Å². The lowest BCUT2D eigenvalue weighted by Gasteiger charge is -2.39. The molecule has 3 aliphatic heterocycles. The van der Waals surface area contributed by atoms with Gasteiger partial charge in [0.05, 0.1) is 6.61 Å². The van der Waals surface area contributed by atoms with Crippen molar-refractivity contribution in [3.8, 4) is 0 Å². The van der Waals surface area contributed by atoms with Gasteiger partial charge in [-0.25, -0.2) is 0 Å². The van der Waals surface area contributed by atoms with Crippen molar-refractivity contribution in [2.75, 3.05) is 6.61 Å². The van der Waals surface area contributed by atoms with E-state index in [-0.39, 0.29) is 36.1 Å². The Labute approximate surface area is 151 Å². The zero-order valence-corrected chi connectivity index (χ0v) is 14.7. The summed E-state index contributed by atoms with van der Waals surface area (Å²) < 4.78 is 24.2. The summed E-state index contributed by atoms with van der Waals surface area (Å²) >= 11 is 1.72. The Morgan fingerprint density at radius 3 is 2.44 bits per heavy atom. The molecule has 0 spiro atoms. The predicted octanol–water partition coefficient (Wildman–Crippen LogP) is 3.69. The third-order valence-electron chi connectivity index (χ3n) is 4.87. The zero-order valence-electron chi connectivity index (χ0n) is 13.9. The van der Waals surface area contributed by atoms with Gasteiger partial charge in [0, 0.05) is 10.5 Å². The number of thioether (sulfide) groups is 1. The highest BCUT2D eigenvalue weighted by Crippen LogP contribution is 2.47. The zero-order chi connectivity index (χ0) is 16.8. The number of fused-ring (bicyclic) bond motifs is 3. The first-order chi connectivity index (χ1) is 12.3. The van der Waals surface area contributed by atoms with Crippen LogP contribution < -0.4 is 0 Å². The molecule has 130 valence electrons. The molecule has 5 heteroatoms. The highest BCUT2D eigenvalue weighted by Gasteiger charge is 2.60. The molecule has 2 aromatic carbocycles. The van der Waals surface area contributed by atoms with Gasteiger partial charge < -0.3 is 18.9 Å². The van der Waals surface area contributed by atoms with Crippen LogP contribution in [0.3, 0.4) is 0 Å². The van der Waals surface area contributed by atoms with Gasteiger partial charge in [0.25, 0.3) is 0 Å². The number of aryl methyl sites for hydroxylation is 1. The molecule has 3 saturated heterocycles. The van der Waals surface area contributed by atoms with Gasteiger partial charge in [0.2, 0.25) is 0 Å². The molecular formula is C20H20O4S. The number of hydrogen-bond donors (Lipinski definition) is 0. The van der Waals surface area contributed by atoms with Crippen LogP contribution in [0.15, 0.2) is 59.5 Å². The molecule has 5 rings (SSSR count). The lowest BCUT2D eigenvalue weighted by atomic mass is 10.0. The number of epoxide rings is 1. The summed E-state index contributed by atoms with van der Waals surface area (Å²) in [4.78, 5) is 1.20. The molecule has 0 aromatic heterocycles. The summed E-state index contributed by atoms with van der Waals surface area (Å²) in [5.74, 6) is 0. The monoisotopic (exact) mass is 356 g/mol. The minimum atomic E-state index is -0.336. The first kappa shape index (κ1) is 15.9. The van der Waals surface area contributed by atoms with Crippen LogP contribution in [0.4, 0.5) is 0 Å². The van der Waals surface area contributed by atoms with Crippen molar-refractivity contribution in [3.63, 3.8) is 0 Å². The average Bonchev–Trinajstić information content (AvgIpc) is 3.46. The molecule has 25 heavy (non-hydrogen) atoms. The second-order valence-electron chi connectivity index (χ2n) is 6.72.